The maximum Gasteiger partial charge on any atom is 0.262 e. The van der Waals surface area contributed by atoms with Crippen molar-refractivity contribution in [2.75, 3.05) is 0 Å². The molecule has 1 heterocycles. The standard InChI is InChI=1S/C14H11NO4/c16-8-5-6-12(17)11(7-8)15-13(18)9-3-1-2-4-10(9)14(15)19/h1-6,8,11,16H,7H2/t8-,11+/m0/s1. The van der Waals surface area contributed by atoms with E-state index in [1.807, 2.05) is 0 Å². The van der Waals surface area contributed by atoms with E-state index in [-0.39, 0.29) is 12.2 Å². The van der Waals surface area contributed by atoms with Gasteiger partial charge in [0.15, 0.2) is 5.78 Å². The number of nitrogens with zero attached hydrogens (tertiary/aromatic N) is 1. The lowest BCUT2D eigenvalue weighted by Gasteiger charge is -2.27. The van der Waals surface area contributed by atoms with Crippen LogP contribution in [0.5, 0.6) is 0 Å². The Bertz CT molecular complexity index is 585. The highest BCUT2D eigenvalue weighted by Crippen LogP contribution is 2.27. The average Bonchev–Trinajstić information content (AvgIpc) is 2.66. The first-order valence-electron chi connectivity index (χ1n) is 5.96. The lowest BCUT2D eigenvalue weighted by molar-refractivity contribution is -0.119. The Kier molecular flexibility index (Phi) is 2.57. The Morgan fingerprint density at radius 1 is 1.05 bits per heavy atom. The first-order valence-corrected chi connectivity index (χ1v) is 5.96. The number of imide groups is 1. The molecule has 0 saturated heterocycles. The van der Waals surface area contributed by atoms with Gasteiger partial charge in [-0.05, 0) is 18.2 Å². The molecule has 2 amide bonds. The van der Waals surface area contributed by atoms with E-state index < -0.39 is 24.0 Å². The molecule has 0 radical (unpaired) electrons. The van der Waals surface area contributed by atoms with Crippen LogP contribution in [-0.4, -0.2) is 39.7 Å². The van der Waals surface area contributed by atoms with Crippen molar-refractivity contribution in [3.63, 3.8) is 0 Å². The number of ketones is 1. The number of hydrogen-bond acceptors (Lipinski definition) is 4. The Morgan fingerprint density at radius 3 is 2.21 bits per heavy atom. The molecule has 1 aliphatic carbocycles. The molecule has 1 aliphatic heterocycles. The van der Waals surface area contributed by atoms with E-state index in [0.29, 0.717) is 11.1 Å². The van der Waals surface area contributed by atoms with Crippen molar-refractivity contribution in [3.05, 3.63) is 47.5 Å². The van der Waals surface area contributed by atoms with Gasteiger partial charge in [-0.2, -0.15) is 0 Å². The van der Waals surface area contributed by atoms with Crippen molar-refractivity contribution in [2.24, 2.45) is 0 Å². The summed E-state index contributed by atoms with van der Waals surface area (Å²) >= 11 is 0. The molecule has 19 heavy (non-hydrogen) atoms. The lowest BCUT2D eigenvalue weighted by Crippen LogP contribution is -2.47. The molecule has 0 aromatic heterocycles. The van der Waals surface area contributed by atoms with Gasteiger partial charge in [-0.3, -0.25) is 19.3 Å². The molecule has 1 N–H and O–H groups in total. The molecule has 0 unspecified atom stereocenters. The fourth-order valence-corrected chi connectivity index (χ4v) is 2.46. The maximum atomic E-state index is 12.2. The van der Waals surface area contributed by atoms with Gasteiger partial charge < -0.3 is 5.11 Å². The minimum atomic E-state index is -0.910. The van der Waals surface area contributed by atoms with Gasteiger partial charge >= 0.3 is 0 Å². The normalized spacial score (nSPS) is 25.9. The number of carbonyl (C=O) groups is 3. The van der Waals surface area contributed by atoms with Gasteiger partial charge in [0.1, 0.15) is 6.04 Å². The van der Waals surface area contributed by atoms with Crippen LogP contribution in [0.4, 0.5) is 0 Å². The van der Waals surface area contributed by atoms with Crippen LogP contribution in [0.3, 0.4) is 0 Å². The van der Waals surface area contributed by atoms with Crippen molar-refractivity contribution >= 4 is 17.6 Å². The zero-order valence-electron chi connectivity index (χ0n) is 9.95. The van der Waals surface area contributed by atoms with E-state index in [2.05, 4.69) is 0 Å². The largest absolute Gasteiger partial charge is 0.389 e. The molecule has 5 heteroatoms. The number of hydrogen-bond donors (Lipinski definition) is 1. The molecule has 3 rings (SSSR count). The minimum Gasteiger partial charge on any atom is -0.389 e. The molecular weight excluding hydrogens is 246 g/mol. The van der Waals surface area contributed by atoms with E-state index in [4.69, 9.17) is 0 Å². The van der Waals surface area contributed by atoms with Gasteiger partial charge in [-0.15, -0.1) is 0 Å². The van der Waals surface area contributed by atoms with Crippen LogP contribution in [-0.2, 0) is 4.79 Å². The molecule has 0 saturated carbocycles. The highest BCUT2D eigenvalue weighted by Gasteiger charge is 2.43. The molecule has 0 bridgehead atoms. The Labute approximate surface area is 109 Å². The fraction of sp³-hybridized carbons (Fsp3) is 0.214. The quantitative estimate of drug-likeness (QED) is 0.745. The molecule has 5 nitrogen and oxygen atoms in total. The Hall–Kier alpha value is -2.27. The summed E-state index contributed by atoms with van der Waals surface area (Å²) in [6, 6.07) is 5.56. The number of aliphatic hydroxyl groups excluding tert-OH is 1. The smallest absolute Gasteiger partial charge is 0.262 e. The van der Waals surface area contributed by atoms with Crippen LogP contribution in [0.2, 0.25) is 0 Å². The van der Waals surface area contributed by atoms with E-state index in [1.165, 1.54) is 12.2 Å². The molecule has 0 spiro atoms. The Morgan fingerprint density at radius 2 is 1.63 bits per heavy atom. The van der Waals surface area contributed by atoms with Gasteiger partial charge in [-0.1, -0.05) is 18.2 Å². The average molecular weight is 257 g/mol. The number of carbonyl (C=O) groups excluding carboxylic acids is 3. The summed E-state index contributed by atoms with van der Waals surface area (Å²) in [5.41, 5.74) is 0.619. The molecule has 1 aromatic rings. The van der Waals surface area contributed by atoms with Crippen molar-refractivity contribution < 1.29 is 19.5 Å². The summed E-state index contributed by atoms with van der Waals surface area (Å²) in [7, 11) is 0. The van der Waals surface area contributed by atoms with E-state index in [0.717, 1.165) is 4.90 Å². The van der Waals surface area contributed by atoms with E-state index in [9.17, 15) is 19.5 Å². The van der Waals surface area contributed by atoms with Gasteiger partial charge in [0.2, 0.25) is 0 Å². The number of rotatable bonds is 1. The lowest BCUT2D eigenvalue weighted by atomic mass is 9.97. The minimum absolute atomic E-state index is 0.0564. The monoisotopic (exact) mass is 257 g/mol. The van der Waals surface area contributed by atoms with E-state index >= 15 is 0 Å². The number of benzene rings is 1. The third-order valence-electron chi connectivity index (χ3n) is 3.41. The van der Waals surface area contributed by atoms with Crippen molar-refractivity contribution in [1.82, 2.24) is 4.90 Å². The fourth-order valence-electron chi connectivity index (χ4n) is 2.46. The summed E-state index contributed by atoms with van der Waals surface area (Å²) in [6.07, 6.45) is 1.84. The van der Waals surface area contributed by atoms with Crippen LogP contribution >= 0.6 is 0 Å². The zero-order chi connectivity index (χ0) is 13.6. The zero-order valence-corrected chi connectivity index (χ0v) is 9.95. The highest BCUT2D eigenvalue weighted by atomic mass is 16.3. The second-order valence-electron chi connectivity index (χ2n) is 4.61. The molecule has 2 aliphatic rings. The highest BCUT2D eigenvalue weighted by molar-refractivity contribution is 6.23. The molecule has 1 aromatic carbocycles. The summed E-state index contributed by atoms with van der Waals surface area (Å²) in [4.78, 5) is 37.2. The number of amides is 2. The predicted molar refractivity (Wildman–Crippen MR) is 65.5 cm³/mol. The molecule has 96 valence electrons. The molecule has 2 atom stereocenters. The summed E-state index contributed by atoms with van der Waals surface area (Å²) < 4.78 is 0. The third kappa shape index (κ3) is 1.70. The SMILES string of the molecule is O=C1C=C[C@H](O)C[C@H]1N1C(=O)c2ccccc2C1=O. The second-order valence-corrected chi connectivity index (χ2v) is 4.61. The third-order valence-corrected chi connectivity index (χ3v) is 3.41. The number of aliphatic hydroxyl groups is 1. The predicted octanol–water partition coefficient (Wildman–Crippen LogP) is 0.541. The second kappa shape index (κ2) is 4.13. The topological polar surface area (TPSA) is 74.7 Å². The van der Waals surface area contributed by atoms with E-state index in [1.54, 1.807) is 24.3 Å². The molecule has 0 fully saturated rings. The van der Waals surface area contributed by atoms with Crippen LogP contribution in [0, 0.1) is 0 Å². The van der Waals surface area contributed by atoms with Crippen LogP contribution < -0.4 is 0 Å². The first-order chi connectivity index (χ1) is 9.09. The summed E-state index contributed by atoms with van der Waals surface area (Å²) in [5, 5.41) is 9.56. The first kappa shape index (κ1) is 11.8. The van der Waals surface area contributed by atoms with Gasteiger partial charge in [0, 0.05) is 6.42 Å². The van der Waals surface area contributed by atoms with Gasteiger partial charge in [0.25, 0.3) is 11.8 Å². The Balaban J connectivity index is 2.01. The summed E-state index contributed by atoms with van der Waals surface area (Å²) in [5.74, 6) is -1.28. The number of fused-ring (bicyclic) bond motifs is 1. The van der Waals surface area contributed by atoms with Gasteiger partial charge in [0.05, 0.1) is 17.2 Å². The summed E-state index contributed by atoms with van der Waals surface area (Å²) in [6.45, 7) is 0. The van der Waals surface area contributed by atoms with Crippen LogP contribution in [0.1, 0.15) is 27.1 Å². The van der Waals surface area contributed by atoms with Crippen molar-refractivity contribution in [2.45, 2.75) is 18.6 Å². The van der Waals surface area contributed by atoms with Crippen LogP contribution in [0.25, 0.3) is 0 Å². The molecular formula is C14H11NO4. The van der Waals surface area contributed by atoms with Gasteiger partial charge in [-0.25, -0.2) is 0 Å². The van der Waals surface area contributed by atoms with Crippen LogP contribution in [0.15, 0.2) is 36.4 Å². The maximum absolute atomic E-state index is 12.2. The van der Waals surface area contributed by atoms with Crippen molar-refractivity contribution in [1.29, 1.82) is 0 Å². The van der Waals surface area contributed by atoms with Crippen molar-refractivity contribution in [3.8, 4) is 0 Å².